The zero-order valence-electron chi connectivity index (χ0n) is 21.8. The van der Waals surface area contributed by atoms with E-state index in [0.717, 1.165) is 46.9 Å². The maximum Gasteiger partial charge on any atom is 0.573 e. The van der Waals surface area contributed by atoms with Crippen LogP contribution in [0.4, 0.5) is 36.6 Å². The van der Waals surface area contributed by atoms with Crippen molar-refractivity contribution in [2.75, 3.05) is 22.1 Å². The molecule has 2 aromatic carbocycles. The van der Waals surface area contributed by atoms with Crippen molar-refractivity contribution in [1.82, 2.24) is 20.4 Å². The smallest absolute Gasteiger partial charge is 0.406 e. The predicted octanol–water partition coefficient (Wildman–Crippen LogP) is 6.43. The molecule has 0 aliphatic rings. The Morgan fingerprint density at radius 2 is 1.09 bits per heavy atom. The van der Waals surface area contributed by atoms with Gasteiger partial charge in [0.2, 0.25) is 22.1 Å². The van der Waals surface area contributed by atoms with Gasteiger partial charge in [0.15, 0.2) is 8.68 Å². The number of ether oxygens (including phenoxy) is 2. The van der Waals surface area contributed by atoms with Gasteiger partial charge in [-0.2, -0.15) is 0 Å². The lowest BCUT2D eigenvalue weighted by Gasteiger charge is -2.09. The summed E-state index contributed by atoms with van der Waals surface area (Å²) in [6.45, 7) is 0. The van der Waals surface area contributed by atoms with Crippen molar-refractivity contribution in [1.29, 1.82) is 0 Å². The topological polar surface area (TPSA) is 128 Å². The number of thioether (sulfide) groups is 2. The minimum atomic E-state index is -4.84. The van der Waals surface area contributed by atoms with Crippen LogP contribution < -0.4 is 20.1 Å². The summed E-state index contributed by atoms with van der Waals surface area (Å²) in [6.07, 6.45) is -10.1. The Morgan fingerprint density at radius 3 is 1.48 bits per heavy atom. The fourth-order valence-corrected chi connectivity index (χ4v) is 6.94. The summed E-state index contributed by atoms with van der Waals surface area (Å²) in [7, 11) is 0. The number of rotatable bonds is 13. The number of alkyl halides is 6. The molecule has 2 N–H and O–H groups in total. The third kappa shape index (κ3) is 11.8. The van der Waals surface area contributed by atoms with Gasteiger partial charge in [0.1, 0.15) is 11.5 Å². The number of benzene rings is 2. The molecule has 0 fully saturated rings. The highest BCUT2D eigenvalue weighted by Crippen LogP contribution is 2.30. The van der Waals surface area contributed by atoms with E-state index in [4.69, 9.17) is 0 Å². The third-order valence-corrected chi connectivity index (χ3v) is 9.04. The van der Waals surface area contributed by atoms with E-state index in [1.807, 2.05) is 0 Å². The lowest BCUT2D eigenvalue weighted by atomic mass is 10.1. The predicted molar refractivity (Wildman–Crippen MR) is 152 cm³/mol. The maximum absolute atomic E-state index is 12.4. The summed E-state index contributed by atoms with van der Waals surface area (Å²) < 4.78 is 83.3. The van der Waals surface area contributed by atoms with Gasteiger partial charge in [-0.15, -0.1) is 46.7 Å². The minimum Gasteiger partial charge on any atom is -0.406 e. The molecule has 4 aromatic rings. The van der Waals surface area contributed by atoms with Gasteiger partial charge in [-0.05, 0) is 35.4 Å². The average molecular weight is 697 g/mol. The lowest BCUT2D eigenvalue weighted by Crippen LogP contribution is -2.18. The van der Waals surface area contributed by atoms with E-state index in [0.29, 0.717) is 31.3 Å². The number of halogens is 6. The number of hydrogen-bond acceptors (Lipinski definition) is 12. The summed E-state index contributed by atoms with van der Waals surface area (Å²) in [4.78, 5) is 24.6. The van der Waals surface area contributed by atoms with Crippen LogP contribution in [0.25, 0.3) is 0 Å². The van der Waals surface area contributed by atoms with E-state index in [1.165, 1.54) is 47.8 Å². The average Bonchev–Trinajstić information content (AvgIpc) is 3.54. The highest BCUT2D eigenvalue weighted by molar-refractivity contribution is 8.04. The molecule has 2 heterocycles. The lowest BCUT2D eigenvalue weighted by molar-refractivity contribution is -0.275. The van der Waals surface area contributed by atoms with Gasteiger partial charge in [0.05, 0.1) is 12.8 Å². The van der Waals surface area contributed by atoms with E-state index in [1.54, 1.807) is 0 Å². The molecule has 0 saturated carbocycles. The van der Waals surface area contributed by atoms with Gasteiger partial charge in [0.25, 0.3) is 0 Å². The molecule has 44 heavy (non-hydrogen) atoms. The highest BCUT2D eigenvalue weighted by atomic mass is 32.2. The van der Waals surface area contributed by atoms with Gasteiger partial charge < -0.3 is 20.1 Å². The van der Waals surface area contributed by atoms with Crippen LogP contribution in [0.2, 0.25) is 0 Å². The Labute approximate surface area is 261 Å². The molecule has 0 aliphatic carbocycles. The maximum atomic E-state index is 12.4. The van der Waals surface area contributed by atoms with Gasteiger partial charge in [-0.3, -0.25) is 9.59 Å². The van der Waals surface area contributed by atoms with E-state index < -0.39 is 36.0 Å². The zero-order chi connectivity index (χ0) is 31.7. The summed E-state index contributed by atoms with van der Waals surface area (Å²) in [6, 6.07) is 10.2. The Balaban J connectivity index is 1.16. The number of carbonyl (C=O) groups excluding carboxylic acids is 2. The van der Waals surface area contributed by atoms with Crippen LogP contribution in [-0.2, 0) is 22.4 Å². The molecular formula is C24H18F6N6O4S4. The molecule has 0 bridgehead atoms. The van der Waals surface area contributed by atoms with Crippen LogP contribution in [0, 0.1) is 0 Å². The van der Waals surface area contributed by atoms with Crippen LogP contribution in [0.3, 0.4) is 0 Å². The van der Waals surface area contributed by atoms with Crippen LogP contribution in [-0.4, -0.2) is 56.4 Å². The SMILES string of the molecule is O=C(Cc1cccc(OC(F)(F)F)c1)Nc1nnc(SCCSc2nnc(NC(=O)Cc3cccc(OC(F)(F)F)c3)s2)s1. The first-order chi connectivity index (χ1) is 20.8. The van der Waals surface area contributed by atoms with E-state index in [2.05, 4.69) is 40.5 Å². The Morgan fingerprint density at radius 1 is 0.682 bits per heavy atom. The van der Waals surface area contributed by atoms with Crippen molar-refractivity contribution in [2.45, 2.75) is 34.2 Å². The first kappa shape index (κ1) is 33.3. The molecule has 0 spiro atoms. The van der Waals surface area contributed by atoms with Crippen molar-refractivity contribution in [3.63, 3.8) is 0 Å². The highest BCUT2D eigenvalue weighted by Gasteiger charge is 2.32. The number of aromatic nitrogens is 4. The van der Waals surface area contributed by atoms with E-state index in [9.17, 15) is 35.9 Å². The van der Waals surface area contributed by atoms with Crippen LogP contribution >= 0.6 is 46.2 Å². The summed E-state index contributed by atoms with van der Waals surface area (Å²) in [5, 5.41) is 21.4. The van der Waals surface area contributed by atoms with Gasteiger partial charge in [-0.1, -0.05) is 70.5 Å². The first-order valence-corrected chi connectivity index (χ1v) is 15.6. The van der Waals surface area contributed by atoms with Crippen LogP contribution in [0.1, 0.15) is 11.1 Å². The first-order valence-electron chi connectivity index (χ1n) is 12.0. The molecule has 20 heteroatoms. The molecule has 0 aliphatic heterocycles. The summed E-state index contributed by atoms with van der Waals surface area (Å²) in [5.41, 5.74) is 0.647. The normalized spacial score (nSPS) is 11.7. The second-order valence-electron chi connectivity index (χ2n) is 8.28. The Bertz CT molecular complexity index is 1470. The number of anilines is 2. The van der Waals surface area contributed by atoms with Crippen molar-refractivity contribution in [3.05, 3.63) is 59.7 Å². The molecule has 0 radical (unpaired) electrons. The van der Waals surface area contributed by atoms with E-state index >= 15 is 0 Å². The zero-order valence-corrected chi connectivity index (χ0v) is 25.0. The minimum absolute atomic E-state index is 0.192. The van der Waals surface area contributed by atoms with Crippen molar-refractivity contribution in [2.24, 2.45) is 0 Å². The summed E-state index contributed by atoms with van der Waals surface area (Å²) >= 11 is 5.02. The molecule has 4 rings (SSSR count). The van der Waals surface area contributed by atoms with Crippen LogP contribution in [0.5, 0.6) is 11.5 Å². The van der Waals surface area contributed by atoms with Gasteiger partial charge in [0, 0.05) is 11.5 Å². The number of hydrogen-bond donors (Lipinski definition) is 2. The molecule has 10 nitrogen and oxygen atoms in total. The monoisotopic (exact) mass is 696 g/mol. The number of nitrogens with zero attached hydrogens (tertiary/aromatic N) is 4. The second kappa shape index (κ2) is 14.9. The van der Waals surface area contributed by atoms with E-state index in [-0.39, 0.29) is 23.1 Å². The quantitative estimate of drug-likeness (QED) is 0.0699. The molecule has 0 atom stereocenters. The Hall–Kier alpha value is -3.62. The van der Waals surface area contributed by atoms with Gasteiger partial charge in [-0.25, -0.2) is 0 Å². The molecule has 2 aromatic heterocycles. The number of nitrogens with one attached hydrogen (secondary N) is 2. The number of amides is 2. The second-order valence-corrected chi connectivity index (χ2v) is 12.9. The van der Waals surface area contributed by atoms with Crippen molar-refractivity contribution < 1.29 is 45.4 Å². The Kier molecular flexibility index (Phi) is 11.3. The molecule has 2 amide bonds. The fraction of sp³-hybridized carbons (Fsp3) is 0.250. The third-order valence-electron chi connectivity index (χ3n) is 4.83. The van der Waals surface area contributed by atoms with Crippen LogP contribution in [0.15, 0.2) is 57.2 Å². The molecule has 0 saturated heterocycles. The fourth-order valence-electron chi connectivity index (χ4n) is 3.30. The summed E-state index contributed by atoms with van der Waals surface area (Å²) in [5.74, 6) is -0.630. The standard InChI is InChI=1S/C24H18F6N6O4S4/c25-23(26,27)39-15-5-1-3-13(9-15)11-17(37)31-19-33-35-21(43-19)41-7-8-42-22-36-34-20(44-22)32-18(38)12-14-4-2-6-16(10-14)40-24(28,29)30/h1-6,9-10H,7-8,11-12H2,(H,31,33,37)(H,32,34,38). The molecule has 234 valence electrons. The molecule has 0 unspecified atom stereocenters. The number of carbonyl (C=O) groups is 2. The largest absolute Gasteiger partial charge is 0.573 e. The van der Waals surface area contributed by atoms with Crippen molar-refractivity contribution in [3.8, 4) is 11.5 Å². The molecular weight excluding hydrogens is 679 g/mol. The van der Waals surface area contributed by atoms with Gasteiger partial charge >= 0.3 is 12.7 Å². The van der Waals surface area contributed by atoms with Crippen molar-refractivity contribution >= 4 is 68.3 Å².